The van der Waals surface area contributed by atoms with E-state index in [1.165, 1.54) is 37.7 Å². The summed E-state index contributed by atoms with van der Waals surface area (Å²) in [5.41, 5.74) is 1.57. The fourth-order valence-electron chi connectivity index (χ4n) is 2.83. The third-order valence-corrected chi connectivity index (χ3v) is 6.79. The highest BCUT2D eigenvalue weighted by Gasteiger charge is 2.30. The van der Waals surface area contributed by atoms with Crippen LogP contribution in [0.1, 0.15) is 37.7 Å². The molecule has 0 aliphatic carbocycles. The van der Waals surface area contributed by atoms with E-state index in [4.69, 9.17) is 4.74 Å². The first kappa shape index (κ1) is 17.0. The van der Waals surface area contributed by atoms with E-state index in [1.54, 1.807) is 0 Å². The fraction of sp³-hybridized carbons (Fsp3) is 0.625. The Morgan fingerprint density at radius 3 is 2.65 bits per heavy atom. The molecule has 4 heteroatoms. The Morgan fingerprint density at radius 1 is 1.25 bits per heavy atom. The lowest BCUT2D eigenvalue weighted by atomic mass is 9.80. The van der Waals surface area contributed by atoms with Gasteiger partial charge in [-0.05, 0) is 49.8 Å². The lowest BCUT2D eigenvalue weighted by molar-refractivity contribution is 0.101. The summed E-state index contributed by atoms with van der Waals surface area (Å²) in [6.45, 7) is 0.957. The van der Waals surface area contributed by atoms with Gasteiger partial charge in [0, 0.05) is 27.2 Å². The molecule has 1 aromatic rings. The van der Waals surface area contributed by atoms with Gasteiger partial charge in [-0.25, -0.2) is 0 Å². The number of alkyl halides is 2. The fourth-order valence-corrected chi connectivity index (χ4v) is 5.36. The van der Waals surface area contributed by atoms with Crippen molar-refractivity contribution in [2.75, 3.05) is 17.3 Å². The molecule has 0 radical (unpaired) electrons. The lowest BCUT2D eigenvalue weighted by Crippen LogP contribution is -2.30. The van der Waals surface area contributed by atoms with E-state index in [2.05, 4.69) is 72.1 Å². The minimum Gasteiger partial charge on any atom is -0.378 e. The SMILES string of the molecule is BrCC(CBr)(CCCC1CCCO1)c1cccc(Br)c1. The van der Waals surface area contributed by atoms with E-state index in [0.717, 1.165) is 21.7 Å². The maximum Gasteiger partial charge on any atom is 0.0576 e. The molecule has 0 bridgehead atoms. The molecule has 1 atom stereocenters. The van der Waals surface area contributed by atoms with Gasteiger partial charge in [0.05, 0.1) is 6.10 Å². The lowest BCUT2D eigenvalue weighted by Gasteiger charge is -2.31. The minimum absolute atomic E-state index is 0.169. The average molecular weight is 469 g/mol. The number of benzene rings is 1. The average Bonchev–Trinajstić information content (AvgIpc) is 2.97. The predicted molar refractivity (Wildman–Crippen MR) is 96.2 cm³/mol. The van der Waals surface area contributed by atoms with Crippen molar-refractivity contribution in [1.82, 2.24) is 0 Å². The van der Waals surface area contributed by atoms with Crippen LogP contribution >= 0.6 is 47.8 Å². The van der Waals surface area contributed by atoms with Crippen molar-refractivity contribution in [2.24, 2.45) is 0 Å². The summed E-state index contributed by atoms with van der Waals surface area (Å²) < 4.78 is 6.88. The topological polar surface area (TPSA) is 9.23 Å². The molecule has 0 N–H and O–H groups in total. The van der Waals surface area contributed by atoms with Gasteiger partial charge in [0.1, 0.15) is 0 Å². The third kappa shape index (κ3) is 4.31. The molecule has 1 aliphatic heterocycles. The van der Waals surface area contributed by atoms with Gasteiger partial charge in [-0.1, -0.05) is 59.9 Å². The first-order valence-electron chi connectivity index (χ1n) is 7.20. The molecule has 0 amide bonds. The van der Waals surface area contributed by atoms with Crippen LogP contribution in [0.5, 0.6) is 0 Å². The summed E-state index contributed by atoms with van der Waals surface area (Å²) in [6, 6.07) is 8.69. The van der Waals surface area contributed by atoms with Gasteiger partial charge >= 0.3 is 0 Å². The van der Waals surface area contributed by atoms with Gasteiger partial charge in [0.25, 0.3) is 0 Å². The van der Waals surface area contributed by atoms with Crippen molar-refractivity contribution in [1.29, 1.82) is 0 Å². The summed E-state index contributed by atoms with van der Waals surface area (Å²) in [4.78, 5) is 0. The van der Waals surface area contributed by atoms with Gasteiger partial charge < -0.3 is 4.74 Å². The van der Waals surface area contributed by atoms with Crippen molar-refractivity contribution in [2.45, 2.75) is 43.6 Å². The number of ether oxygens (including phenoxy) is 1. The van der Waals surface area contributed by atoms with Crippen LogP contribution in [-0.2, 0) is 10.2 Å². The summed E-state index contributed by atoms with van der Waals surface area (Å²) >= 11 is 11.0. The highest BCUT2D eigenvalue weighted by molar-refractivity contribution is 9.10. The van der Waals surface area contributed by atoms with Crippen LogP contribution in [0.4, 0.5) is 0 Å². The molecule has 0 saturated carbocycles. The molecular formula is C16H21Br3O. The number of halogens is 3. The van der Waals surface area contributed by atoms with Crippen LogP contribution in [0.3, 0.4) is 0 Å². The molecule has 20 heavy (non-hydrogen) atoms. The molecule has 1 nitrogen and oxygen atoms in total. The Morgan fingerprint density at radius 2 is 2.05 bits per heavy atom. The van der Waals surface area contributed by atoms with Crippen LogP contribution in [0, 0.1) is 0 Å². The molecule has 0 spiro atoms. The first-order valence-corrected chi connectivity index (χ1v) is 10.2. The monoisotopic (exact) mass is 466 g/mol. The molecule has 1 heterocycles. The zero-order chi connectivity index (χ0) is 14.4. The van der Waals surface area contributed by atoms with Gasteiger partial charge in [0.15, 0.2) is 0 Å². The van der Waals surface area contributed by atoms with Crippen LogP contribution in [0.25, 0.3) is 0 Å². The molecular weight excluding hydrogens is 448 g/mol. The smallest absolute Gasteiger partial charge is 0.0576 e. The largest absolute Gasteiger partial charge is 0.378 e. The standard InChI is InChI=1S/C16H21Br3O/c17-11-16(12-18,13-4-1-5-14(19)10-13)8-2-6-15-7-3-9-20-15/h1,4-5,10,15H,2-3,6-9,11-12H2. The van der Waals surface area contributed by atoms with Crippen molar-refractivity contribution in [3.63, 3.8) is 0 Å². The normalized spacial score (nSPS) is 19.4. The third-order valence-electron chi connectivity index (χ3n) is 4.15. The molecule has 2 rings (SSSR count). The van der Waals surface area contributed by atoms with Crippen molar-refractivity contribution in [3.05, 3.63) is 34.3 Å². The zero-order valence-electron chi connectivity index (χ0n) is 11.6. The van der Waals surface area contributed by atoms with Crippen LogP contribution in [0.15, 0.2) is 28.7 Å². The summed E-state index contributed by atoms with van der Waals surface area (Å²) in [6.07, 6.45) is 6.57. The summed E-state index contributed by atoms with van der Waals surface area (Å²) in [7, 11) is 0. The Balaban J connectivity index is 2.00. The second kappa shape index (κ2) is 8.30. The van der Waals surface area contributed by atoms with Crippen LogP contribution in [-0.4, -0.2) is 23.4 Å². The van der Waals surface area contributed by atoms with E-state index in [1.807, 2.05) is 0 Å². The quantitative estimate of drug-likeness (QED) is 0.458. The van der Waals surface area contributed by atoms with E-state index in [9.17, 15) is 0 Å². The molecule has 1 fully saturated rings. The molecule has 1 aromatic carbocycles. The van der Waals surface area contributed by atoms with Crippen LogP contribution < -0.4 is 0 Å². The Bertz CT molecular complexity index is 412. The Kier molecular flexibility index (Phi) is 7.05. The first-order chi connectivity index (χ1) is 9.70. The van der Waals surface area contributed by atoms with Gasteiger partial charge in [0.2, 0.25) is 0 Å². The van der Waals surface area contributed by atoms with Crippen molar-refractivity contribution < 1.29 is 4.74 Å². The number of rotatable bonds is 7. The van der Waals surface area contributed by atoms with Crippen molar-refractivity contribution in [3.8, 4) is 0 Å². The maximum absolute atomic E-state index is 5.73. The summed E-state index contributed by atoms with van der Waals surface area (Å²) in [5.74, 6) is 0. The molecule has 1 aliphatic rings. The van der Waals surface area contributed by atoms with E-state index in [-0.39, 0.29) is 5.41 Å². The Labute approximate surface area is 147 Å². The maximum atomic E-state index is 5.73. The van der Waals surface area contributed by atoms with Crippen LogP contribution in [0.2, 0.25) is 0 Å². The zero-order valence-corrected chi connectivity index (χ0v) is 16.3. The molecule has 112 valence electrons. The second-order valence-corrected chi connectivity index (χ2v) is 7.62. The number of hydrogen-bond donors (Lipinski definition) is 0. The minimum atomic E-state index is 0.169. The van der Waals surface area contributed by atoms with Gasteiger partial charge in [-0.2, -0.15) is 0 Å². The molecule has 1 unspecified atom stereocenters. The summed E-state index contributed by atoms with van der Waals surface area (Å²) in [5, 5.41) is 1.96. The van der Waals surface area contributed by atoms with Gasteiger partial charge in [-0.15, -0.1) is 0 Å². The van der Waals surface area contributed by atoms with E-state index < -0.39 is 0 Å². The molecule has 0 aromatic heterocycles. The molecule has 1 saturated heterocycles. The Hall–Kier alpha value is 0.620. The predicted octanol–water partition coefficient (Wildman–Crippen LogP) is 5.83. The number of hydrogen-bond acceptors (Lipinski definition) is 1. The highest BCUT2D eigenvalue weighted by Crippen LogP contribution is 2.36. The van der Waals surface area contributed by atoms with E-state index in [0.29, 0.717) is 6.10 Å². The highest BCUT2D eigenvalue weighted by atomic mass is 79.9. The van der Waals surface area contributed by atoms with Crippen molar-refractivity contribution >= 4 is 47.8 Å². The van der Waals surface area contributed by atoms with Gasteiger partial charge in [-0.3, -0.25) is 0 Å². The second-order valence-electron chi connectivity index (χ2n) is 5.59. The van der Waals surface area contributed by atoms with E-state index >= 15 is 0 Å².